The Kier molecular flexibility index (Phi) is 2.20. The molecule has 0 fully saturated rings. The molecule has 4 nitrogen and oxygen atoms in total. The SMILES string of the molecule is CCCCc1nc2cc3c(cc2[nH]1)OCO3. The predicted molar refractivity (Wildman–Crippen MR) is 60.8 cm³/mol. The molecule has 1 aromatic carbocycles. The Hall–Kier alpha value is -1.71. The van der Waals surface area contributed by atoms with Gasteiger partial charge in [0.2, 0.25) is 6.79 Å². The fourth-order valence-electron chi connectivity index (χ4n) is 1.92. The lowest BCUT2D eigenvalue weighted by Gasteiger charge is -1.93. The van der Waals surface area contributed by atoms with Crippen molar-refractivity contribution in [1.82, 2.24) is 9.97 Å². The summed E-state index contributed by atoms with van der Waals surface area (Å²) in [5, 5.41) is 0. The van der Waals surface area contributed by atoms with Crippen LogP contribution in [0.25, 0.3) is 11.0 Å². The zero-order valence-electron chi connectivity index (χ0n) is 9.25. The quantitative estimate of drug-likeness (QED) is 0.861. The molecule has 0 saturated heterocycles. The number of aromatic amines is 1. The van der Waals surface area contributed by atoms with Gasteiger partial charge in [0.1, 0.15) is 5.82 Å². The summed E-state index contributed by atoms with van der Waals surface area (Å²) in [6.45, 7) is 2.49. The van der Waals surface area contributed by atoms with E-state index in [9.17, 15) is 0 Å². The summed E-state index contributed by atoms with van der Waals surface area (Å²) < 4.78 is 10.6. The molecule has 1 aliphatic rings. The smallest absolute Gasteiger partial charge is 0.231 e. The maximum absolute atomic E-state index is 5.33. The van der Waals surface area contributed by atoms with Crippen molar-refractivity contribution in [1.29, 1.82) is 0 Å². The van der Waals surface area contributed by atoms with Crippen LogP contribution in [-0.2, 0) is 6.42 Å². The average Bonchev–Trinajstić information content (AvgIpc) is 2.87. The minimum Gasteiger partial charge on any atom is -0.454 e. The van der Waals surface area contributed by atoms with Gasteiger partial charge in [-0.2, -0.15) is 0 Å². The summed E-state index contributed by atoms with van der Waals surface area (Å²) in [6.07, 6.45) is 3.34. The van der Waals surface area contributed by atoms with Crippen LogP contribution in [0.4, 0.5) is 0 Å². The molecule has 16 heavy (non-hydrogen) atoms. The highest BCUT2D eigenvalue weighted by molar-refractivity contribution is 5.80. The van der Waals surface area contributed by atoms with E-state index in [1.807, 2.05) is 12.1 Å². The highest BCUT2D eigenvalue weighted by atomic mass is 16.7. The molecule has 0 aliphatic carbocycles. The number of rotatable bonds is 3. The first-order valence-corrected chi connectivity index (χ1v) is 5.65. The lowest BCUT2D eigenvalue weighted by molar-refractivity contribution is 0.174. The van der Waals surface area contributed by atoms with E-state index in [1.54, 1.807) is 0 Å². The zero-order valence-corrected chi connectivity index (χ0v) is 9.25. The van der Waals surface area contributed by atoms with Gasteiger partial charge in [-0.1, -0.05) is 13.3 Å². The van der Waals surface area contributed by atoms with E-state index in [0.29, 0.717) is 6.79 Å². The van der Waals surface area contributed by atoms with Crippen molar-refractivity contribution in [2.24, 2.45) is 0 Å². The lowest BCUT2D eigenvalue weighted by atomic mass is 10.2. The van der Waals surface area contributed by atoms with Crippen molar-refractivity contribution in [3.63, 3.8) is 0 Å². The minimum absolute atomic E-state index is 0.310. The Morgan fingerprint density at radius 2 is 2.12 bits per heavy atom. The maximum Gasteiger partial charge on any atom is 0.231 e. The number of unbranched alkanes of at least 4 members (excludes halogenated alkanes) is 1. The highest BCUT2D eigenvalue weighted by Crippen LogP contribution is 2.35. The molecule has 4 heteroatoms. The monoisotopic (exact) mass is 218 g/mol. The summed E-state index contributed by atoms with van der Waals surface area (Å²) >= 11 is 0. The Balaban J connectivity index is 1.99. The molecule has 0 atom stereocenters. The van der Waals surface area contributed by atoms with Gasteiger partial charge in [0.15, 0.2) is 11.5 Å². The van der Waals surface area contributed by atoms with Crippen LogP contribution in [0.5, 0.6) is 11.5 Å². The van der Waals surface area contributed by atoms with Gasteiger partial charge in [-0.25, -0.2) is 4.98 Å². The van der Waals surface area contributed by atoms with Gasteiger partial charge in [-0.3, -0.25) is 0 Å². The molecule has 1 N–H and O–H groups in total. The second kappa shape index (κ2) is 3.70. The van der Waals surface area contributed by atoms with Crippen LogP contribution in [0.15, 0.2) is 12.1 Å². The first kappa shape index (κ1) is 9.51. The van der Waals surface area contributed by atoms with Crippen LogP contribution in [-0.4, -0.2) is 16.8 Å². The van der Waals surface area contributed by atoms with Crippen LogP contribution in [0.2, 0.25) is 0 Å². The van der Waals surface area contributed by atoms with Crippen LogP contribution < -0.4 is 9.47 Å². The van der Waals surface area contributed by atoms with Gasteiger partial charge in [-0.15, -0.1) is 0 Å². The van der Waals surface area contributed by atoms with Gasteiger partial charge >= 0.3 is 0 Å². The molecule has 3 rings (SSSR count). The van der Waals surface area contributed by atoms with Crippen molar-refractivity contribution < 1.29 is 9.47 Å². The third kappa shape index (κ3) is 1.50. The average molecular weight is 218 g/mol. The Morgan fingerprint density at radius 3 is 2.94 bits per heavy atom. The molecule has 2 heterocycles. The standard InChI is InChI=1S/C12H14N2O2/c1-2-3-4-12-13-8-5-10-11(16-7-15-10)6-9(8)14-12/h5-6H,2-4,7H2,1H3,(H,13,14). The number of fused-ring (bicyclic) bond motifs is 2. The Bertz CT molecular complexity index is 478. The fourth-order valence-corrected chi connectivity index (χ4v) is 1.92. The number of nitrogens with zero attached hydrogens (tertiary/aromatic N) is 1. The maximum atomic E-state index is 5.33. The summed E-state index contributed by atoms with van der Waals surface area (Å²) in [5.41, 5.74) is 1.98. The minimum atomic E-state index is 0.310. The van der Waals surface area contributed by atoms with Crippen LogP contribution in [0.1, 0.15) is 25.6 Å². The number of hydrogen-bond acceptors (Lipinski definition) is 3. The van der Waals surface area contributed by atoms with Crippen LogP contribution >= 0.6 is 0 Å². The van der Waals surface area contributed by atoms with E-state index in [0.717, 1.165) is 41.2 Å². The van der Waals surface area contributed by atoms with E-state index in [2.05, 4.69) is 16.9 Å². The lowest BCUT2D eigenvalue weighted by Crippen LogP contribution is -1.93. The number of H-pyrrole nitrogens is 1. The first-order chi connectivity index (χ1) is 7.86. The molecule has 0 saturated carbocycles. The molecule has 0 unspecified atom stereocenters. The van der Waals surface area contributed by atoms with Crippen molar-refractivity contribution in [3.05, 3.63) is 18.0 Å². The molecular weight excluding hydrogens is 204 g/mol. The highest BCUT2D eigenvalue weighted by Gasteiger charge is 2.15. The number of nitrogens with one attached hydrogen (secondary N) is 1. The third-order valence-corrected chi connectivity index (χ3v) is 2.79. The summed E-state index contributed by atoms with van der Waals surface area (Å²) in [4.78, 5) is 7.85. The van der Waals surface area contributed by atoms with E-state index in [1.165, 1.54) is 6.42 Å². The van der Waals surface area contributed by atoms with Gasteiger partial charge in [0.05, 0.1) is 11.0 Å². The molecule has 0 bridgehead atoms. The normalized spacial score (nSPS) is 13.6. The second-order valence-electron chi connectivity index (χ2n) is 4.01. The fraction of sp³-hybridized carbons (Fsp3) is 0.417. The van der Waals surface area contributed by atoms with E-state index in [4.69, 9.17) is 9.47 Å². The number of aryl methyl sites for hydroxylation is 1. The summed E-state index contributed by atoms with van der Waals surface area (Å²) in [5.74, 6) is 2.64. The molecule has 0 spiro atoms. The molecular formula is C12H14N2O2. The Labute approximate surface area is 93.6 Å². The topological polar surface area (TPSA) is 47.1 Å². The number of aromatic nitrogens is 2. The Morgan fingerprint density at radius 1 is 1.31 bits per heavy atom. The van der Waals surface area contributed by atoms with Crippen LogP contribution in [0, 0.1) is 0 Å². The number of imidazole rings is 1. The summed E-state index contributed by atoms with van der Waals surface area (Å²) in [7, 11) is 0. The van der Waals surface area contributed by atoms with Crippen LogP contribution in [0.3, 0.4) is 0 Å². The molecule has 1 aromatic heterocycles. The van der Waals surface area contributed by atoms with Crippen molar-refractivity contribution >= 4 is 11.0 Å². The molecule has 1 aliphatic heterocycles. The molecule has 84 valence electrons. The number of ether oxygens (including phenoxy) is 2. The second-order valence-corrected chi connectivity index (χ2v) is 4.01. The van der Waals surface area contributed by atoms with Crippen molar-refractivity contribution in [3.8, 4) is 11.5 Å². The number of hydrogen-bond donors (Lipinski definition) is 1. The molecule has 2 aromatic rings. The van der Waals surface area contributed by atoms with Crippen molar-refractivity contribution in [2.45, 2.75) is 26.2 Å². The first-order valence-electron chi connectivity index (χ1n) is 5.65. The zero-order chi connectivity index (χ0) is 11.0. The number of benzene rings is 1. The van der Waals surface area contributed by atoms with Gasteiger partial charge in [-0.05, 0) is 6.42 Å². The van der Waals surface area contributed by atoms with E-state index >= 15 is 0 Å². The largest absolute Gasteiger partial charge is 0.454 e. The predicted octanol–water partition coefficient (Wildman–Crippen LogP) is 2.63. The molecule has 0 amide bonds. The molecule has 0 radical (unpaired) electrons. The van der Waals surface area contributed by atoms with Gasteiger partial charge in [0, 0.05) is 18.6 Å². The van der Waals surface area contributed by atoms with E-state index in [-0.39, 0.29) is 0 Å². The third-order valence-electron chi connectivity index (χ3n) is 2.79. The van der Waals surface area contributed by atoms with Gasteiger partial charge < -0.3 is 14.5 Å². The van der Waals surface area contributed by atoms with E-state index < -0.39 is 0 Å². The van der Waals surface area contributed by atoms with Crippen molar-refractivity contribution in [2.75, 3.05) is 6.79 Å². The van der Waals surface area contributed by atoms with Gasteiger partial charge in [0.25, 0.3) is 0 Å². The summed E-state index contributed by atoms with van der Waals surface area (Å²) in [6, 6.07) is 3.89.